The maximum absolute atomic E-state index is 13.1. The van der Waals surface area contributed by atoms with Crippen molar-refractivity contribution in [1.82, 2.24) is 24.9 Å². The van der Waals surface area contributed by atoms with E-state index in [1.807, 2.05) is 18.7 Å². The number of fused-ring (bicyclic) bond motifs is 1. The van der Waals surface area contributed by atoms with Gasteiger partial charge in [0.25, 0.3) is 0 Å². The summed E-state index contributed by atoms with van der Waals surface area (Å²) >= 11 is 0. The van der Waals surface area contributed by atoms with Gasteiger partial charge < -0.3 is 15.1 Å². The molecule has 1 aromatic heterocycles. The second-order valence-corrected chi connectivity index (χ2v) is 9.57. The molecule has 2 unspecified atom stereocenters. The van der Waals surface area contributed by atoms with E-state index >= 15 is 0 Å². The van der Waals surface area contributed by atoms with Crippen LogP contribution in [0.25, 0.3) is 0 Å². The minimum absolute atomic E-state index is 0.0191. The first-order chi connectivity index (χ1) is 14.5. The molecule has 160 valence electrons. The van der Waals surface area contributed by atoms with Crippen LogP contribution >= 0.6 is 0 Å². The third-order valence-corrected chi connectivity index (χ3v) is 7.72. The molecule has 1 N–H and O–H groups in total. The van der Waals surface area contributed by atoms with Gasteiger partial charge in [0.2, 0.25) is 5.91 Å². The molecule has 1 aromatic carbocycles. The summed E-state index contributed by atoms with van der Waals surface area (Å²) in [6.07, 6.45) is 1.28. The third kappa shape index (κ3) is 3.26. The van der Waals surface area contributed by atoms with Crippen LogP contribution in [0.3, 0.4) is 0 Å². The zero-order chi connectivity index (χ0) is 20.9. The molecule has 6 nitrogen and oxygen atoms in total. The number of rotatable bonds is 5. The highest BCUT2D eigenvalue weighted by molar-refractivity contribution is 5.77. The zero-order valence-corrected chi connectivity index (χ0v) is 18.4. The second kappa shape index (κ2) is 7.50. The van der Waals surface area contributed by atoms with Crippen molar-refractivity contribution in [3.63, 3.8) is 0 Å². The molecule has 4 aliphatic heterocycles. The number of benzene rings is 1. The van der Waals surface area contributed by atoms with Crippen LogP contribution in [0, 0.1) is 19.8 Å². The van der Waals surface area contributed by atoms with E-state index in [4.69, 9.17) is 0 Å². The van der Waals surface area contributed by atoms with Crippen LogP contribution in [-0.4, -0.2) is 70.8 Å². The van der Waals surface area contributed by atoms with Crippen molar-refractivity contribution in [3.05, 3.63) is 52.8 Å². The Morgan fingerprint density at radius 2 is 1.80 bits per heavy atom. The minimum Gasteiger partial charge on any atom is -0.352 e. The number of piperidine rings is 2. The number of carbonyl (C=O) groups is 1. The monoisotopic (exact) mass is 407 g/mol. The quantitative estimate of drug-likeness (QED) is 0.819. The van der Waals surface area contributed by atoms with E-state index in [1.165, 1.54) is 11.1 Å². The molecule has 0 spiro atoms. The molecule has 0 aliphatic carbocycles. The maximum Gasteiger partial charge on any atom is 0.220 e. The van der Waals surface area contributed by atoms with E-state index < -0.39 is 0 Å². The summed E-state index contributed by atoms with van der Waals surface area (Å²) < 4.78 is 1.91. The van der Waals surface area contributed by atoms with Gasteiger partial charge in [0.05, 0.1) is 5.69 Å². The molecule has 4 fully saturated rings. The molecule has 4 bridgehead atoms. The van der Waals surface area contributed by atoms with Gasteiger partial charge >= 0.3 is 0 Å². The fourth-order valence-corrected chi connectivity index (χ4v) is 6.23. The molecule has 0 radical (unpaired) electrons. The molecule has 6 rings (SSSR count). The number of hydrogen-bond donors (Lipinski definition) is 1. The summed E-state index contributed by atoms with van der Waals surface area (Å²) in [5.41, 5.74) is 4.76. The van der Waals surface area contributed by atoms with Crippen molar-refractivity contribution in [1.29, 1.82) is 0 Å². The zero-order valence-electron chi connectivity index (χ0n) is 18.4. The van der Waals surface area contributed by atoms with E-state index in [2.05, 4.69) is 57.5 Å². The van der Waals surface area contributed by atoms with E-state index in [1.54, 1.807) is 0 Å². The van der Waals surface area contributed by atoms with Crippen LogP contribution in [0.1, 0.15) is 28.9 Å². The summed E-state index contributed by atoms with van der Waals surface area (Å²) in [5.74, 6) is 0.662. The Labute approximate surface area is 179 Å². The first kappa shape index (κ1) is 19.8. The van der Waals surface area contributed by atoms with Gasteiger partial charge in [-0.05, 0) is 31.4 Å². The van der Waals surface area contributed by atoms with Crippen LogP contribution in [0.5, 0.6) is 0 Å². The number of nitrogens with zero attached hydrogens (tertiary/aromatic N) is 4. The SMILES string of the molecule is Cc1nn(C)c(C)c1CCC(=O)N[C@H]1C2CN3CCN(C2)CC1(c1ccccc1)C3. The number of carbonyl (C=O) groups excluding carboxylic acids is 1. The molecule has 5 heterocycles. The smallest absolute Gasteiger partial charge is 0.220 e. The average Bonchev–Trinajstić information content (AvgIpc) is 2.87. The number of nitrogens with one attached hydrogen (secondary N) is 1. The molecule has 0 saturated carbocycles. The Hall–Kier alpha value is -2.18. The molecule has 3 atom stereocenters. The van der Waals surface area contributed by atoms with E-state index in [9.17, 15) is 4.79 Å². The van der Waals surface area contributed by atoms with Gasteiger partial charge in [-0.25, -0.2) is 0 Å². The Balaban J connectivity index is 1.38. The molecular formula is C24H33N5O. The van der Waals surface area contributed by atoms with E-state index in [0.717, 1.165) is 57.1 Å². The molecule has 4 saturated heterocycles. The first-order valence-corrected chi connectivity index (χ1v) is 11.2. The Kier molecular flexibility index (Phi) is 4.94. The van der Waals surface area contributed by atoms with Crippen LogP contribution in [-0.2, 0) is 23.7 Å². The van der Waals surface area contributed by atoms with Gasteiger partial charge in [-0.3, -0.25) is 9.48 Å². The lowest BCUT2D eigenvalue weighted by Crippen LogP contribution is -2.70. The molecule has 30 heavy (non-hydrogen) atoms. The molecule has 1 amide bonds. The highest BCUT2D eigenvalue weighted by Gasteiger charge is 2.55. The van der Waals surface area contributed by atoms with E-state index in [-0.39, 0.29) is 17.4 Å². The lowest BCUT2D eigenvalue weighted by atomic mass is 9.64. The highest BCUT2D eigenvalue weighted by atomic mass is 16.1. The second-order valence-electron chi connectivity index (χ2n) is 9.57. The van der Waals surface area contributed by atoms with Crippen LogP contribution in [0.2, 0.25) is 0 Å². The molecule has 6 heteroatoms. The van der Waals surface area contributed by atoms with E-state index in [0.29, 0.717) is 12.3 Å². The summed E-state index contributed by atoms with van der Waals surface area (Å²) in [6.45, 7) is 10.7. The van der Waals surface area contributed by atoms with Gasteiger partial charge in [-0.2, -0.15) is 5.10 Å². The van der Waals surface area contributed by atoms with Crippen molar-refractivity contribution < 1.29 is 4.79 Å². The van der Waals surface area contributed by atoms with Crippen LogP contribution in [0.15, 0.2) is 30.3 Å². The fourth-order valence-electron chi connectivity index (χ4n) is 6.23. The third-order valence-electron chi connectivity index (χ3n) is 7.72. The summed E-state index contributed by atoms with van der Waals surface area (Å²) in [5, 5.41) is 8.02. The van der Waals surface area contributed by atoms with Crippen molar-refractivity contribution in [2.24, 2.45) is 13.0 Å². The van der Waals surface area contributed by atoms with Crippen molar-refractivity contribution >= 4 is 5.91 Å². The number of hydrogen-bond acceptors (Lipinski definition) is 4. The Morgan fingerprint density at radius 1 is 1.13 bits per heavy atom. The van der Waals surface area contributed by atoms with Gasteiger partial charge in [0.15, 0.2) is 0 Å². The van der Waals surface area contributed by atoms with Crippen molar-refractivity contribution in [3.8, 4) is 0 Å². The summed E-state index contributed by atoms with van der Waals surface area (Å²) in [6, 6.07) is 11.1. The Bertz CT molecular complexity index is 921. The first-order valence-electron chi connectivity index (χ1n) is 11.2. The topological polar surface area (TPSA) is 53.4 Å². The van der Waals surface area contributed by atoms with Crippen molar-refractivity contribution in [2.45, 2.75) is 38.1 Å². The minimum atomic E-state index is -0.0191. The fraction of sp³-hybridized carbons (Fsp3) is 0.583. The van der Waals surface area contributed by atoms with Gasteiger partial charge in [0.1, 0.15) is 0 Å². The number of aromatic nitrogens is 2. The highest BCUT2D eigenvalue weighted by Crippen LogP contribution is 2.43. The van der Waals surface area contributed by atoms with Gasteiger partial charge in [-0.1, -0.05) is 30.3 Å². The largest absolute Gasteiger partial charge is 0.352 e. The Morgan fingerprint density at radius 3 is 2.40 bits per heavy atom. The van der Waals surface area contributed by atoms with Crippen molar-refractivity contribution in [2.75, 3.05) is 39.3 Å². The average molecular weight is 408 g/mol. The lowest BCUT2D eigenvalue weighted by molar-refractivity contribution is -0.124. The number of aryl methyl sites for hydroxylation is 2. The summed E-state index contributed by atoms with van der Waals surface area (Å²) in [7, 11) is 1.97. The predicted octanol–water partition coefficient (Wildman–Crippen LogP) is 1.65. The standard InChI is InChI=1S/C24H33N5O/c1-17-21(18(2)27(3)26-17)9-10-22(30)25-23-19-13-28-11-12-29(14-19)16-24(23,15-28)20-7-5-4-6-8-20/h4-8,19,23H,9-16H2,1-3H3,(H,25,30)/t19?,23-,24?/m0/s1. The molecule has 2 aromatic rings. The maximum atomic E-state index is 13.1. The summed E-state index contributed by atoms with van der Waals surface area (Å²) in [4.78, 5) is 18.4. The molecule has 4 aliphatic rings. The number of amides is 1. The van der Waals surface area contributed by atoms with Gasteiger partial charge in [0, 0.05) is 75.8 Å². The predicted molar refractivity (Wildman–Crippen MR) is 117 cm³/mol. The molecular weight excluding hydrogens is 374 g/mol. The van der Waals surface area contributed by atoms with Crippen LogP contribution in [0.4, 0.5) is 0 Å². The van der Waals surface area contributed by atoms with Crippen LogP contribution < -0.4 is 5.32 Å². The normalized spacial score (nSPS) is 32.2. The van der Waals surface area contributed by atoms with Gasteiger partial charge in [-0.15, -0.1) is 0 Å². The lowest BCUT2D eigenvalue weighted by Gasteiger charge is -2.55.